The van der Waals surface area contributed by atoms with Crippen LogP contribution in [0.15, 0.2) is 34.2 Å². The molecule has 0 radical (unpaired) electrons. The van der Waals surface area contributed by atoms with Crippen molar-refractivity contribution in [2.24, 2.45) is 4.99 Å². The van der Waals surface area contributed by atoms with Crippen molar-refractivity contribution in [1.82, 2.24) is 5.32 Å². The van der Waals surface area contributed by atoms with Gasteiger partial charge < -0.3 is 10.4 Å². The number of nitro groups is 1. The SMILES string of the molecule is O=C1NC(=NCCO)S/C1=C\c1ccccc1[N+](=O)[O-]. The molecule has 0 unspecified atom stereocenters. The van der Waals surface area contributed by atoms with E-state index >= 15 is 0 Å². The maximum Gasteiger partial charge on any atom is 0.276 e. The van der Waals surface area contributed by atoms with Crippen molar-refractivity contribution in [3.63, 3.8) is 0 Å². The Balaban J connectivity index is 2.28. The highest BCUT2D eigenvalue weighted by atomic mass is 32.2. The molecule has 2 rings (SSSR count). The Bertz CT molecular complexity index is 612. The van der Waals surface area contributed by atoms with Crippen LogP contribution in [0.1, 0.15) is 5.56 Å². The van der Waals surface area contributed by atoms with Gasteiger partial charge in [-0.15, -0.1) is 0 Å². The van der Waals surface area contributed by atoms with Gasteiger partial charge in [0.2, 0.25) is 0 Å². The number of aliphatic hydroxyl groups is 1. The highest BCUT2D eigenvalue weighted by Gasteiger charge is 2.24. The zero-order valence-electron chi connectivity index (χ0n) is 10.3. The van der Waals surface area contributed by atoms with Gasteiger partial charge in [-0.2, -0.15) is 0 Å². The number of hydrogen-bond acceptors (Lipinski definition) is 6. The normalized spacial score (nSPS) is 18.6. The summed E-state index contributed by atoms with van der Waals surface area (Å²) in [5.41, 5.74) is 0.299. The van der Waals surface area contributed by atoms with Gasteiger partial charge in [0.25, 0.3) is 11.6 Å². The van der Waals surface area contributed by atoms with Crippen molar-refractivity contribution >= 4 is 34.6 Å². The predicted octanol–water partition coefficient (Wildman–Crippen LogP) is 1.15. The number of carbonyl (C=O) groups is 1. The second kappa shape index (κ2) is 6.31. The molecule has 2 N–H and O–H groups in total. The monoisotopic (exact) mass is 293 g/mol. The third-order valence-electron chi connectivity index (χ3n) is 2.43. The zero-order valence-corrected chi connectivity index (χ0v) is 11.1. The Morgan fingerprint density at radius 3 is 2.90 bits per heavy atom. The quantitative estimate of drug-likeness (QED) is 0.492. The lowest BCUT2D eigenvalue weighted by Gasteiger charge is -1.97. The van der Waals surface area contributed by atoms with E-state index in [2.05, 4.69) is 10.3 Å². The maximum atomic E-state index is 11.7. The first-order chi connectivity index (χ1) is 9.61. The molecule has 1 heterocycles. The van der Waals surface area contributed by atoms with Crippen LogP contribution in [0.5, 0.6) is 0 Å². The Morgan fingerprint density at radius 2 is 2.20 bits per heavy atom. The molecule has 1 fully saturated rings. The number of nitro benzene ring substituents is 1. The van der Waals surface area contributed by atoms with Gasteiger partial charge >= 0.3 is 0 Å². The van der Waals surface area contributed by atoms with E-state index < -0.39 is 4.92 Å². The molecule has 7 nitrogen and oxygen atoms in total. The molecule has 0 bridgehead atoms. The van der Waals surface area contributed by atoms with Crippen LogP contribution < -0.4 is 5.32 Å². The van der Waals surface area contributed by atoms with Crippen molar-refractivity contribution in [1.29, 1.82) is 0 Å². The summed E-state index contributed by atoms with van der Waals surface area (Å²) in [7, 11) is 0. The van der Waals surface area contributed by atoms with Gasteiger partial charge in [-0.25, -0.2) is 0 Å². The van der Waals surface area contributed by atoms with Crippen molar-refractivity contribution in [3.8, 4) is 0 Å². The molecule has 1 aromatic rings. The molecule has 0 atom stereocenters. The lowest BCUT2D eigenvalue weighted by atomic mass is 10.1. The minimum Gasteiger partial charge on any atom is -0.394 e. The van der Waals surface area contributed by atoms with Crippen LogP contribution in [-0.2, 0) is 4.79 Å². The van der Waals surface area contributed by atoms with E-state index in [1.807, 2.05) is 0 Å². The highest BCUT2D eigenvalue weighted by Crippen LogP contribution is 2.28. The molecule has 0 aliphatic carbocycles. The number of hydrogen-bond donors (Lipinski definition) is 2. The molecule has 1 aromatic carbocycles. The first kappa shape index (κ1) is 14.2. The van der Waals surface area contributed by atoms with Crippen LogP contribution >= 0.6 is 11.8 Å². The number of aliphatic imine (C=N–C) groups is 1. The Labute approximate surface area is 118 Å². The Hall–Kier alpha value is -2.19. The van der Waals surface area contributed by atoms with Crippen LogP contribution in [-0.4, -0.2) is 34.3 Å². The fraction of sp³-hybridized carbons (Fsp3) is 0.167. The molecule has 1 aliphatic heterocycles. The minimum absolute atomic E-state index is 0.0610. The average molecular weight is 293 g/mol. The third kappa shape index (κ3) is 3.22. The summed E-state index contributed by atoms with van der Waals surface area (Å²) in [5.74, 6) is -0.357. The lowest BCUT2D eigenvalue weighted by molar-refractivity contribution is -0.385. The number of amides is 1. The third-order valence-corrected chi connectivity index (χ3v) is 3.37. The van der Waals surface area contributed by atoms with Gasteiger partial charge in [0, 0.05) is 6.07 Å². The van der Waals surface area contributed by atoms with Gasteiger partial charge in [-0.1, -0.05) is 12.1 Å². The number of nitrogens with zero attached hydrogens (tertiary/aromatic N) is 2. The van der Waals surface area contributed by atoms with Gasteiger partial charge in [0.1, 0.15) is 0 Å². The second-order valence-electron chi connectivity index (χ2n) is 3.79. The topological polar surface area (TPSA) is 105 Å². The first-order valence-corrected chi connectivity index (χ1v) is 6.53. The van der Waals surface area contributed by atoms with Crippen LogP contribution in [0.4, 0.5) is 5.69 Å². The summed E-state index contributed by atoms with van der Waals surface area (Å²) in [4.78, 5) is 26.4. The number of amidine groups is 1. The van der Waals surface area contributed by atoms with Crippen LogP contribution in [0.25, 0.3) is 6.08 Å². The van der Waals surface area contributed by atoms with E-state index in [0.717, 1.165) is 11.8 Å². The molecule has 104 valence electrons. The summed E-state index contributed by atoms with van der Waals surface area (Å²) in [6.45, 7) is 0.0878. The van der Waals surface area contributed by atoms with Crippen molar-refractivity contribution in [3.05, 3.63) is 44.8 Å². The van der Waals surface area contributed by atoms with E-state index in [1.54, 1.807) is 18.2 Å². The Morgan fingerprint density at radius 1 is 1.45 bits per heavy atom. The van der Waals surface area contributed by atoms with Crippen molar-refractivity contribution < 1.29 is 14.8 Å². The number of thioether (sulfide) groups is 1. The molecule has 1 amide bonds. The Kier molecular flexibility index (Phi) is 4.49. The van der Waals surface area contributed by atoms with E-state index in [1.165, 1.54) is 12.1 Å². The van der Waals surface area contributed by atoms with E-state index in [0.29, 0.717) is 15.6 Å². The number of aliphatic hydroxyl groups excluding tert-OH is 1. The van der Waals surface area contributed by atoms with E-state index in [9.17, 15) is 14.9 Å². The summed E-state index contributed by atoms with van der Waals surface area (Å²) in [6.07, 6.45) is 1.46. The standard InChI is InChI=1S/C12H11N3O4S/c16-6-5-13-12-14-11(17)10(20-12)7-8-3-1-2-4-9(8)15(18)19/h1-4,7,16H,5-6H2,(H,13,14,17)/b10-7-. The number of rotatable bonds is 4. The van der Waals surface area contributed by atoms with Crippen LogP contribution in [0.3, 0.4) is 0 Å². The van der Waals surface area contributed by atoms with Crippen molar-refractivity contribution in [2.45, 2.75) is 0 Å². The summed E-state index contributed by atoms with van der Waals surface area (Å²) in [5, 5.41) is 22.5. The number of para-hydroxylation sites is 1. The summed E-state index contributed by atoms with van der Waals surface area (Å²) in [6, 6.07) is 6.18. The molecule has 0 saturated carbocycles. The number of nitrogens with one attached hydrogen (secondary N) is 1. The molecule has 0 aromatic heterocycles. The van der Waals surface area contributed by atoms with Crippen LogP contribution in [0, 0.1) is 10.1 Å². The van der Waals surface area contributed by atoms with E-state index in [4.69, 9.17) is 5.11 Å². The van der Waals surface area contributed by atoms with Gasteiger partial charge in [-0.05, 0) is 23.9 Å². The lowest BCUT2D eigenvalue weighted by Crippen LogP contribution is -2.20. The first-order valence-electron chi connectivity index (χ1n) is 5.71. The molecule has 1 aliphatic rings. The van der Waals surface area contributed by atoms with E-state index in [-0.39, 0.29) is 24.7 Å². The molecular formula is C12H11N3O4S. The average Bonchev–Trinajstić information content (AvgIpc) is 2.77. The largest absolute Gasteiger partial charge is 0.394 e. The molecule has 20 heavy (non-hydrogen) atoms. The molecule has 8 heteroatoms. The number of carbonyl (C=O) groups excluding carboxylic acids is 1. The number of benzene rings is 1. The summed E-state index contributed by atoms with van der Waals surface area (Å²) >= 11 is 1.09. The van der Waals surface area contributed by atoms with Gasteiger partial charge in [0.05, 0.1) is 28.5 Å². The smallest absolute Gasteiger partial charge is 0.276 e. The maximum absolute atomic E-state index is 11.7. The minimum atomic E-state index is -0.495. The molecular weight excluding hydrogens is 282 g/mol. The summed E-state index contributed by atoms with van der Waals surface area (Å²) < 4.78 is 0. The second-order valence-corrected chi connectivity index (χ2v) is 4.82. The fourth-order valence-corrected chi connectivity index (χ4v) is 2.41. The zero-order chi connectivity index (χ0) is 14.5. The molecule has 0 spiro atoms. The fourth-order valence-electron chi connectivity index (χ4n) is 1.57. The van der Waals surface area contributed by atoms with Gasteiger partial charge in [-0.3, -0.25) is 19.9 Å². The van der Waals surface area contributed by atoms with Gasteiger partial charge in [0.15, 0.2) is 5.17 Å². The van der Waals surface area contributed by atoms with Crippen LogP contribution in [0.2, 0.25) is 0 Å². The predicted molar refractivity (Wildman–Crippen MR) is 76.2 cm³/mol. The molecule has 1 saturated heterocycles. The van der Waals surface area contributed by atoms with Crippen molar-refractivity contribution in [2.75, 3.05) is 13.2 Å². The highest BCUT2D eigenvalue weighted by molar-refractivity contribution is 8.18.